The van der Waals surface area contributed by atoms with Gasteiger partial charge in [0.05, 0.1) is 29.3 Å². The average molecular weight is 387 g/mol. The highest BCUT2D eigenvalue weighted by atomic mass is 32.2. The molecule has 142 valence electrons. The zero-order valence-corrected chi connectivity index (χ0v) is 15.5. The van der Waals surface area contributed by atoms with Gasteiger partial charge in [0.1, 0.15) is 0 Å². The second-order valence-corrected chi connectivity index (χ2v) is 8.15. The molecule has 0 bridgehead atoms. The van der Waals surface area contributed by atoms with Crippen LogP contribution in [-0.4, -0.2) is 45.0 Å². The minimum atomic E-state index is -0.225. The van der Waals surface area contributed by atoms with Crippen molar-refractivity contribution in [2.24, 2.45) is 0 Å². The number of thioether (sulfide) groups is 1. The second-order valence-electron chi connectivity index (χ2n) is 6.88. The minimum absolute atomic E-state index is 0.0672. The molecule has 2 fully saturated rings. The van der Waals surface area contributed by atoms with E-state index in [1.165, 1.54) is 6.33 Å². The zero-order chi connectivity index (χ0) is 18.8. The number of unbranched alkanes of at least 4 members (excludes halogenated alkanes) is 1. The summed E-state index contributed by atoms with van der Waals surface area (Å²) in [5.74, 6) is 0.882. The van der Waals surface area contributed by atoms with Crippen molar-refractivity contribution in [1.82, 2.24) is 20.6 Å². The van der Waals surface area contributed by atoms with Crippen molar-refractivity contribution < 1.29 is 9.59 Å². The maximum Gasteiger partial charge on any atom is 0.315 e. The van der Waals surface area contributed by atoms with Crippen LogP contribution in [-0.2, 0) is 4.79 Å². The maximum absolute atomic E-state index is 12.2. The number of amides is 3. The summed E-state index contributed by atoms with van der Waals surface area (Å²) < 4.78 is 0. The molecule has 3 heterocycles. The van der Waals surface area contributed by atoms with Crippen LogP contribution in [0.25, 0.3) is 10.9 Å². The molecule has 4 N–H and O–H groups in total. The third-order valence-corrected chi connectivity index (χ3v) is 6.51. The fourth-order valence-corrected chi connectivity index (χ4v) is 5.19. The van der Waals surface area contributed by atoms with Crippen LogP contribution in [0.4, 0.5) is 10.5 Å². The predicted octanol–water partition coefficient (Wildman–Crippen LogP) is 1.59. The largest absolute Gasteiger partial charge is 0.332 e. The SMILES string of the molecule is O=C(CCCCC1SCC2NC(=O)NC21)Nc1ccc2nc[nH]c(=O)c2c1. The van der Waals surface area contributed by atoms with Gasteiger partial charge in [-0.2, -0.15) is 11.8 Å². The Balaban J connectivity index is 1.24. The highest BCUT2D eigenvalue weighted by molar-refractivity contribution is 8.00. The Kier molecular flexibility index (Phi) is 5.02. The molecule has 1 aromatic carbocycles. The van der Waals surface area contributed by atoms with E-state index in [-0.39, 0.29) is 29.6 Å². The first-order valence-electron chi connectivity index (χ1n) is 9.06. The molecule has 2 aliphatic heterocycles. The van der Waals surface area contributed by atoms with Crippen LogP contribution in [0.1, 0.15) is 25.7 Å². The van der Waals surface area contributed by atoms with E-state index < -0.39 is 0 Å². The zero-order valence-electron chi connectivity index (χ0n) is 14.7. The van der Waals surface area contributed by atoms with Crippen molar-refractivity contribution in [2.75, 3.05) is 11.1 Å². The number of urea groups is 1. The highest BCUT2D eigenvalue weighted by Gasteiger charge is 2.42. The van der Waals surface area contributed by atoms with Crippen LogP contribution in [0.15, 0.2) is 29.3 Å². The number of aromatic amines is 1. The Labute approximate surface area is 159 Å². The molecule has 9 heteroatoms. The molecule has 3 atom stereocenters. The van der Waals surface area contributed by atoms with Gasteiger partial charge in [0.15, 0.2) is 0 Å². The number of hydrogen-bond donors (Lipinski definition) is 4. The summed E-state index contributed by atoms with van der Waals surface area (Å²) >= 11 is 1.88. The topological polar surface area (TPSA) is 116 Å². The number of aromatic nitrogens is 2. The van der Waals surface area contributed by atoms with Crippen LogP contribution in [0.5, 0.6) is 0 Å². The number of nitrogens with one attached hydrogen (secondary N) is 4. The van der Waals surface area contributed by atoms with Gasteiger partial charge >= 0.3 is 6.03 Å². The molecular weight excluding hydrogens is 366 g/mol. The van der Waals surface area contributed by atoms with Crippen LogP contribution in [0, 0.1) is 0 Å². The fourth-order valence-electron chi connectivity index (χ4n) is 3.64. The summed E-state index contributed by atoms with van der Waals surface area (Å²) in [6, 6.07) is 5.49. The van der Waals surface area contributed by atoms with Crippen molar-refractivity contribution in [3.8, 4) is 0 Å². The van der Waals surface area contributed by atoms with Crippen molar-refractivity contribution in [3.05, 3.63) is 34.9 Å². The number of nitrogens with zero attached hydrogens (tertiary/aromatic N) is 1. The number of carbonyl (C=O) groups excluding carboxylic acids is 2. The molecule has 0 radical (unpaired) electrons. The van der Waals surface area contributed by atoms with Gasteiger partial charge in [0.25, 0.3) is 5.56 Å². The first-order chi connectivity index (χ1) is 13.1. The van der Waals surface area contributed by atoms with Crippen LogP contribution in [0.3, 0.4) is 0 Å². The second kappa shape index (κ2) is 7.59. The molecule has 3 unspecified atom stereocenters. The standard InChI is InChI=1S/C18H21N5O3S/c24-15(21-10-5-6-12-11(7-10)17(25)20-9-19-12)4-2-1-3-14-16-13(8-27-14)22-18(26)23-16/h5-7,9,13-14,16H,1-4,8H2,(H,21,24)(H,19,20,25)(H2,22,23,26). The van der Waals surface area contributed by atoms with E-state index in [1.54, 1.807) is 18.2 Å². The Bertz CT molecular complexity index is 931. The molecule has 27 heavy (non-hydrogen) atoms. The lowest BCUT2D eigenvalue weighted by molar-refractivity contribution is -0.116. The number of benzene rings is 1. The van der Waals surface area contributed by atoms with Gasteiger partial charge in [-0.15, -0.1) is 0 Å². The third kappa shape index (κ3) is 3.92. The van der Waals surface area contributed by atoms with Crippen molar-refractivity contribution in [1.29, 1.82) is 0 Å². The fraction of sp³-hybridized carbons (Fsp3) is 0.444. The summed E-state index contributed by atoms with van der Waals surface area (Å²) in [4.78, 5) is 42.0. The lowest BCUT2D eigenvalue weighted by Gasteiger charge is -2.16. The maximum atomic E-state index is 12.2. The first kappa shape index (κ1) is 17.8. The number of carbonyl (C=O) groups is 2. The number of rotatable bonds is 6. The summed E-state index contributed by atoms with van der Waals surface area (Å²) in [7, 11) is 0. The van der Waals surface area contributed by atoms with Crippen molar-refractivity contribution in [3.63, 3.8) is 0 Å². The molecule has 2 aromatic rings. The lowest BCUT2D eigenvalue weighted by atomic mass is 10.0. The van der Waals surface area contributed by atoms with Gasteiger partial charge in [-0.05, 0) is 31.0 Å². The lowest BCUT2D eigenvalue weighted by Crippen LogP contribution is -2.36. The number of hydrogen-bond acceptors (Lipinski definition) is 5. The van der Waals surface area contributed by atoms with Gasteiger partial charge in [-0.1, -0.05) is 6.42 Å². The normalized spacial score (nSPS) is 23.7. The Morgan fingerprint density at radius 2 is 2.15 bits per heavy atom. The van der Waals surface area contributed by atoms with Gasteiger partial charge in [0.2, 0.25) is 5.91 Å². The summed E-state index contributed by atoms with van der Waals surface area (Å²) in [5.41, 5.74) is 0.967. The van der Waals surface area contributed by atoms with Gasteiger partial charge in [0, 0.05) is 23.1 Å². The van der Waals surface area contributed by atoms with Crippen molar-refractivity contribution >= 4 is 40.3 Å². The molecule has 2 saturated heterocycles. The first-order valence-corrected chi connectivity index (χ1v) is 10.1. The Hall–Kier alpha value is -2.55. The Morgan fingerprint density at radius 3 is 3.04 bits per heavy atom. The van der Waals surface area contributed by atoms with E-state index in [1.807, 2.05) is 11.8 Å². The van der Waals surface area contributed by atoms with Crippen LogP contribution in [0.2, 0.25) is 0 Å². The molecule has 8 nitrogen and oxygen atoms in total. The average Bonchev–Trinajstić information content (AvgIpc) is 3.19. The summed E-state index contributed by atoms with van der Waals surface area (Å²) in [5, 5.41) is 9.63. The molecule has 4 rings (SSSR count). The Morgan fingerprint density at radius 1 is 1.26 bits per heavy atom. The van der Waals surface area contributed by atoms with E-state index in [4.69, 9.17) is 0 Å². The van der Waals surface area contributed by atoms with E-state index in [9.17, 15) is 14.4 Å². The highest BCUT2D eigenvalue weighted by Crippen LogP contribution is 2.33. The van der Waals surface area contributed by atoms with E-state index in [0.29, 0.717) is 28.3 Å². The van der Waals surface area contributed by atoms with Gasteiger partial charge in [-0.25, -0.2) is 9.78 Å². The molecule has 0 aliphatic carbocycles. The number of fused-ring (bicyclic) bond motifs is 2. The quantitative estimate of drug-likeness (QED) is 0.444. The van der Waals surface area contributed by atoms with Crippen molar-refractivity contribution in [2.45, 2.75) is 43.0 Å². The predicted molar refractivity (Wildman–Crippen MR) is 105 cm³/mol. The smallest absolute Gasteiger partial charge is 0.315 e. The van der Waals surface area contributed by atoms with Gasteiger partial charge < -0.3 is 20.9 Å². The van der Waals surface area contributed by atoms with Crippen LogP contribution < -0.4 is 21.5 Å². The molecule has 0 spiro atoms. The number of anilines is 1. The minimum Gasteiger partial charge on any atom is -0.332 e. The molecular formula is C18H21N5O3S. The molecule has 0 saturated carbocycles. The van der Waals surface area contributed by atoms with E-state index in [2.05, 4.69) is 25.9 Å². The number of H-pyrrole nitrogens is 1. The van der Waals surface area contributed by atoms with Gasteiger partial charge in [-0.3, -0.25) is 9.59 Å². The third-order valence-electron chi connectivity index (χ3n) is 5.00. The molecule has 1 aromatic heterocycles. The molecule has 2 aliphatic rings. The monoisotopic (exact) mass is 387 g/mol. The summed E-state index contributed by atoms with van der Waals surface area (Å²) in [6.07, 6.45) is 4.50. The van der Waals surface area contributed by atoms with E-state index in [0.717, 1.165) is 25.0 Å². The van der Waals surface area contributed by atoms with Crippen LogP contribution >= 0.6 is 11.8 Å². The van der Waals surface area contributed by atoms with E-state index >= 15 is 0 Å². The molecule has 3 amide bonds. The summed E-state index contributed by atoms with van der Waals surface area (Å²) in [6.45, 7) is 0.